The molecule has 5 heteroatoms. The Morgan fingerprint density at radius 3 is 2.75 bits per heavy atom. The molecule has 1 rings (SSSR count). The summed E-state index contributed by atoms with van der Waals surface area (Å²) < 4.78 is 4.52. The summed E-state index contributed by atoms with van der Waals surface area (Å²) in [5.74, 6) is 0.161. The number of hydrogen-bond donors (Lipinski definition) is 2. The molecule has 0 aliphatic carbocycles. The zero-order valence-electron chi connectivity index (χ0n) is 6.57. The van der Waals surface area contributed by atoms with Crippen LogP contribution in [0, 0.1) is 6.92 Å². The Balaban J connectivity index is 2.89. The molecule has 0 saturated heterocycles. The van der Waals surface area contributed by atoms with Crippen molar-refractivity contribution in [1.29, 1.82) is 0 Å². The number of amides is 1. The fourth-order valence-electron chi connectivity index (χ4n) is 0.709. The lowest BCUT2D eigenvalue weighted by Crippen LogP contribution is -2.17. The largest absolute Gasteiger partial charge is 0.411 e. The van der Waals surface area contributed by atoms with Gasteiger partial charge in [0.2, 0.25) is 5.88 Å². The van der Waals surface area contributed by atoms with E-state index in [1.807, 2.05) is 0 Å². The van der Waals surface area contributed by atoms with Crippen LogP contribution in [0.25, 0.3) is 0 Å². The van der Waals surface area contributed by atoms with Crippen molar-refractivity contribution in [3.8, 4) is 5.88 Å². The Bertz CT molecular complexity index is 312. The summed E-state index contributed by atoms with van der Waals surface area (Å²) >= 11 is 0. The molecule has 0 bridgehead atoms. The first-order chi connectivity index (χ1) is 5.59. The third-order valence-corrected chi connectivity index (χ3v) is 1.31. The van der Waals surface area contributed by atoms with Gasteiger partial charge in [-0.15, -0.1) is 0 Å². The summed E-state index contributed by atoms with van der Waals surface area (Å²) in [5, 5.41) is 0. The van der Waals surface area contributed by atoms with Gasteiger partial charge in [-0.05, 0) is 13.0 Å². The summed E-state index contributed by atoms with van der Waals surface area (Å²) in [7, 11) is 0. The number of nitrogen functional groups attached to an aromatic ring is 1. The van der Waals surface area contributed by atoms with Crippen molar-refractivity contribution in [3.05, 3.63) is 17.8 Å². The fraction of sp³-hybridized carbons (Fsp3) is 0.143. The summed E-state index contributed by atoms with van der Waals surface area (Å²) in [4.78, 5) is 14.2. The molecular formula is C7H9N3O2. The van der Waals surface area contributed by atoms with Gasteiger partial charge in [-0.3, -0.25) is 0 Å². The van der Waals surface area contributed by atoms with E-state index in [0.717, 1.165) is 0 Å². The SMILES string of the molecule is Cc1nc(OC(N)=O)ccc1N. The van der Waals surface area contributed by atoms with Gasteiger partial charge in [0, 0.05) is 6.07 Å². The summed E-state index contributed by atoms with van der Waals surface area (Å²) in [5.41, 5.74) is 11.4. The number of primary amides is 1. The molecule has 64 valence electrons. The van der Waals surface area contributed by atoms with Crippen molar-refractivity contribution >= 4 is 11.8 Å². The zero-order chi connectivity index (χ0) is 9.14. The number of anilines is 1. The smallest absolute Gasteiger partial charge is 0.397 e. The van der Waals surface area contributed by atoms with Crippen LogP contribution >= 0.6 is 0 Å². The normalized spacial score (nSPS) is 9.42. The van der Waals surface area contributed by atoms with Gasteiger partial charge in [-0.25, -0.2) is 9.78 Å². The number of nitrogens with zero attached hydrogens (tertiary/aromatic N) is 1. The highest BCUT2D eigenvalue weighted by atomic mass is 16.6. The lowest BCUT2D eigenvalue weighted by molar-refractivity contribution is 0.209. The minimum Gasteiger partial charge on any atom is -0.397 e. The lowest BCUT2D eigenvalue weighted by Gasteiger charge is -2.02. The van der Waals surface area contributed by atoms with Crippen LogP contribution in [0.15, 0.2) is 12.1 Å². The van der Waals surface area contributed by atoms with Crippen molar-refractivity contribution in [2.75, 3.05) is 5.73 Å². The van der Waals surface area contributed by atoms with Crippen LogP contribution in [-0.2, 0) is 0 Å². The van der Waals surface area contributed by atoms with Crippen LogP contribution in [-0.4, -0.2) is 11.1 Å². The highest BCUT2D eigenvalue weighted by Gasteiger charge is 2.01. The van der Waals surface area contributed by atoms with E-state index in [2.05, 4.69) is 9.72 Å². The van der Waals surface area contributed by atoms with Gasteiger partial charge >= 0.3 is 6.09 Å². The lowest BCUT2D eigenvalue weighted by atomic mass is 10.3. The van der Waals surface area contributed by atoms with Gasteiger partial charge in [0.05, 0.1) is 11.4 Å². The maximum absolute atomic E-state index is 10.3. The van der Waals surface area contributed by atoms with E-state index in [4.69, 9.17) is 11.5 Å². The first-order valence-electron chi connectivity index (χ1n) is 3.30. The Kier molecular flexibility index (Phi) is 2.14. The average molecular weight is 167 g/mol. The van der Waals surface area contributed by atoms with Crippen molar-refractivity contribution in [2.24, 2.45) is 5.73 Å². The fourth-order valence-corrected chi connectivity index (χ4v) is 0.709. The molecule has 0 aliphatic rings. The summed E-state index contributed by atoms with van der Waals surface area (Å²) in [6.45, 7) is 1.71. The van der Waals surface area contributed by atoms with Gasteiger partial charge in [0.25, 0.3) is 0 Å². The van der Waals surface area contributed by atoms with Gasteiger partial charge in [-0.1, -0.05) is 0 Å². The van der Waals surface area contributed by atoms with E-state index in [1.165, 1.54) is 6.07 Å². The van der Waals surface area contributed by atoms with Crippen molar-refractivity contribution in [3.63, 3.8) is 0 Å². The highest BCUT2D eigenvalue weighted by Crippen LogP contribution is 2.13. The molecule has 1 aromatic rings. The standard InChI is InChI=1S/C7H9N3O2/c1-4-5(8)2-3-6(10-4)12-7(9)11/h2-3H,8H2,1H3,(H2,9,11). The van der Waals surface area contributed by atoms with Gasteiger partial charge in [-0.2, -0.15) is 0 Å². The Hall–Kier alpha value is -1.78. The number of hydrogen-bond acceptors (Lipinski definition) is 4. The van der Waals surface area contributed by atoms with Crippen LogP contribution in [0.1, 0.15) is 5.69 Å². The van der Waals surface area contributed by atoms with Crippen LogP contribution in [0.3, 0.4) is 0 Å². The molecule has 1 aromatic heterocycles. The predicted octanol–water partition coefficient (Wildman–Crippen LogP) is 0.430. The molecule has 4 N–H and O–H groups in total. The van der Waals surface area contributed by atoms with Crippen LogP contribution in [0.5, 0.6) is 5.88 Å². The first-order valence-corrected chi connectivity index (χ1v) is 3.30. The maximum Gasteiger partial charge on any atom is 0.411 e. The number of nitrogens with two attached hydrogens (primary N) is 2. The second kappa shape index (κ2) is 3.08. The van der Waals surface area contributed by atoms with Crippen molar-refractivity contribution in [2.45, 2.75) is 6.92 Å². The molecule has 0 saturated carbocycles. The molecule has 1 heterocycles. The average Bonchev–Trinajstić information content (AvgIpc) is 1.96. The minimum atomic E-state index is -0.883. The second-order valence-electron chi connectivity index (χ2n) is 2.25. The topological polar surface area (TPSA) is 91.2 Å². The van der Waals surface area contributed by atoms with E-state index in [-0.39, 0.29) is 5.88 Å². The van der Waals surface area contributed by atoms with Crippen LogP contribution < -0.4 is 16.2 Å². The molecule has 0 atom stereocenters. The molecule has 0 aromatic carbocycles. The van der Waals surface area contributed by atoms with Crippen molar-refractivity contribution < 1.29 is 9.53 Å². The second-order valence-corrected chi connectivity index (χ2v) is 2.25. The molecule has 0 unspecified atom stereocenters. The summed E-state index contributed by atoms with van der Waals surface area (Å²) in [6, 6.07) is 3.08. The number of rotatable bonds is 1. The number of carbonyl (C=O) groups is 1. The van der Waals surface area contributed by atoms with E-state index in [0.29, 0.717) is 11.4 Å². The molecule has 1 amide bonds. The molecule has 0 fully saturated rings. The summed E-state index contributed by atoms with van der Waals surface area (Å²) in [6.07, 6.45) is -0.883. The molecule has 0 radical (unpaired) electrons. The van der Waals surface area contributed by atoms with Gasteiger partial charge in [0.1, 0.15) is 0 Å². The van der Waals surface area contributed by atoms with E-state index >= 15 is 0 Å². The third kappa shape index (κ3) is 1.85. The first kappa shape index (κ1) is 8.32. The number of carbonyl (C=O) groups excluding carboxylic acids is 1. The quantitative estimate of drug-likeness (QED) is 0.634. The molecule has 12 heavy (non-hydrogen) atoms. The monoisotopic (exact) mass is 167 g/mol. The molecule has 5 nitrogen and oxygen atoms in total. The zero-order valence-corrected chi connectivity index (χ0v) is 6.57. The van der Waals surface area contributed by atoms with E-state index in [1.54, 1.807) is 13.0 Å². The predicted molar refractivity (Wildman–Crippen MR) is 43.6 cm³/mol. The van der Waals surface area contributed by atoms with Gasteiger partial charge in [0.15, 0.2) is 0 Å². The maximum atomic E-state index is 10.3. The van der Waals surface area contributed by atoms with Crippen LogP contribution in [0.2, 0.25) is 0 Å². The third-order valence-electron chi connectivity index (χ3n) is 1.31. The number of pyridine rings is 1. The molecule has 0 spiro atoms. The van der Waals surface area contributed by atoms with Crippen LogP contribution in [0.4, 0.5) is 10.5 Å². The van der Waals surface area contributed by atoms with Crippen molar-refractivity contribution in [1.82, 2.24) is 4.98 Å². The number of aromatic nitrogens is 1. The Labute approximate surface area is 69.3 Å². The highest BCUT2D eigenvalue weighted by molar-refractivity contribution is 5.67. The van der Waals surface area contributed by atoms with E-state index in [9.17, 15) is 4.79 Å². The van der Waals surface area contributed by atoms with Gasteiger partial charge < -0.3 is 16.2 Å². The van der Waals surface area contributed by atoms with E-state index < -0.39 is 6.09 Å². The Morgan fingerprint density at radius 2 is 2.25 bits per heavy atom. The number of aryl methyl sites for hydroxylation is 1. The molecular weight excluding hydrogens is 158 g/mol. The molecule has 0 aliphatic heterocycles. The number of ether oxygens (including phenoxy) is 1. The Morgan fingerprint density at radius 1 is 1.58 bits per heavy atom. The minimum absolute atomic E-state index is 0.161.